The highest BCUT2D eigenvalue weighted by atomic mass is 32.1. The van der Waals surface area contributed by atoms with Gasteiger partial charge in [0.2, 0.25) is 0 Å². The van der Waals surface area contributed by atoms with Gasteiger partial charge < -0.3 is 15.5 Å². The van der Waals surface area contributed by atoms with Gasteiger partial charge in [-0.05, 0) is 56.5 Å². The highest BCUT2D eigenvalue weighted by Crippen LogP contribution is 2.20. The second kappa shape index (κ2) is 10.4. The molecule has 168 valence electrons. The number of amides is 3. The van der Waals surface area contributed by atoms with Gasteiger partial charge in [0, 0.05) is 22.8 Å². The number of urea groups is 1. The molecule has 2 N–H and O–H groups in total. The molecule has 0 unspecified atom stereocenters. The summed E-state index contributed by atoms with van der Waals surface area (Å²) >= 11 is 1.37. The zero-order valence-electron chi connectivity index (χ0n) is 19.2. The minimum absolute atomic E-state index is 0.0290. The summed E-state index contributed by atoms with van der Waals surface area (Å²) in [5, 5.41) is 8.24. The summed E-state index contributed by atoms with van der Waals surface area (Å²) < 4.78 is 0. The number of rotatable bonds is 7. The van der Waals surface area contributed by atoms with Gasteiger partial charge in [-0.2, -0.15) is 0 Å². The Balaban J connectivity index is 1.64. The van der Waals surface area contributed by atoms with Crippen LogP contribution in [-0.2, 0) is 6.54 Å². The van der Waals surface area contributed by atoms with E-state index in [0.717, 1.165) is 16.9 Å². The SMILES string of the molecule is Cc1ccc(NC(=O)c2csc(CN(C(=O)Nc3ccc(C(C)C)cc3)C(C)C)n2)cc1. The first kappa shape index (κ1) is 23.5. The Morgan fingerprint density at radius 2 is 1.53 bits per heavy atom. The van der Waals surface area contributed by atoms with Crippen LogP contribution in [0.2, 0.25) is 0 Å². The van der Waals surface area contributed by atoms with Crippen molar-refractivity contribution >= 4 is 34.6 Å². The third kappa shape index (κ3) is 6.17. The molecule has 0 atom stereocenters. The lowest BCUT2D eigenvalue weighted by Crippen LogP contribution is -2.39. The van der Waals surface area contributed by atoms with Crippen LogP contribution in [0.15, 0.2) is 53.9 Å². The fraction of sp³-hybridized carbons (Fsp3) is 0.320. The van der Waals surface area contributed by atoms with Crippen LogP contribution in [0.1, 0.15) is 60.2 Å². The van der Waals surface area contributed by atoms with Crippen molar-refractivity contribution in [3.63, 3.8) is 0 Å². The van der Waals surface area contributed by atoms with E-state index in [9.17, 15) is 9.59 Å². The molecule has 0 aliphatic rings. The third-order valence-corrected chi connectivity index (χ3v) is 5.95. The number of carbonyl (C=O) groups excluding carboxylic acids is 2. The van der Waals surface area contributed by atoms with Crippen molar-refractivity contribution in [3.8, 4) is 0 Å². The largest absolute Gasteiger partial charge is 0.322 e. The maximum atomic E-state index is 12.9. The minimum Gasteiger partial charge on any atom is -0.321 e. The number of thiazole rings is 1. The zero-order chi connectivity index (χ0) is 23.3. The lowest BCUT2D eigenvalue weighted by Gasteiger charge is -2.26. The van der Waals surface area contributed by atoms with Crippen LogP contribution in [0.3, 0.4) is 0 Å². The molecule has 6 nitrogen and oxygen atoms in total. The summed E-state index contributed by atoms with van der Waals surface area (Å²) in [6, 6.07) is 15.3. The van der Waals surface area contributed by atoms with Gasteiger partial charge in [0.1, 0.15) is 10.7 Å². The second-order valence-electron chi connectivity index (χ2n) is 8.38. The minimum atomic E-state index is -0.262. The van der Waals surface area contributed by atoms with E-state index in [1.165, 1.54) is 16.9 Å². The van der Waals surface area contributed by atoms with Crippen molar-refractivity contribution in [1.82, 2.24) is 9.88 Å². The molecule has 3 aromatic rings. The first-order chi connectivity index (χ1) is 15.2. The van der Waals surface area contributed by atoms with E-state index in [0.29, 0.717) is 23.2 Å². The first-order valence-electron chi connectivity index (χ1n) is 10.7. The van der Waals surface area contributed by atoms with Crippen molar-refractivity contribution in [2.24, 2.45) is 0 Å². The summed E-state index contributed by atoms with van der Waals surface area (Å²) in [7, 11) is 0. The Kier molecular flexibility index (Phi) is 7.64. The van der Waals surface area contributed by atoms with Gasteiger partial charge in [-0.15, -0.1) is 11.3 Å². The molecule has 3 rings (SSSR count). The lowest BCUT2D eigenvalue weighted by atomic mass is 10.0. The van der Waals surface area contributed by atoms with Crippen molar-refractivity contribution in [1.29, 1.82) is 0 Å². The summed E-state index contributed by atoms with van der Waals surface area (Å²) in [4.78, 5) is 31.6. The van der Waals surface area contributed by atoms with Crippen LogP contribution in [-0.4, -0.2) is 27.9 Å². The quantitative estimate of drug-likeness (QED) is 0.445. The van der Waals surface area contributed by atoms with E-state index < -0.39 is 0 Å². The van der Waals surface area contributed by atoms with Gasteiger partial charge in [0.15, 0.2) is 0 Å². The van der Waals surface area contributed by atoms with Gasteiger partial charge >= 0.3 is 6.03 Å². The predicted molar refractivity (Wildman–Crippen MR) is 131 cm³/mol. The summed E-state index contributed by atoms with van der Waals surface area (Å²) in [6.45, 7) is 10.5. The molecule has 0 aliphatic heterocycles. The Bertz CT molecular complexity index is 1060. The molecule has 7 heteroatoms. The van der Waals surface area contributed by atoms with Crippen molar-refractivity contribution < 1.29 is 9.59 Å². The maximum absolute atomic E-state index is 12.9. The number of aromatic nitrogens is 1. The smallest absolute Gasteiger partial charge is 0.321 e. The van der Waals surface area contributed by atoms with Gasteiger partial charge in [0.25, 0.3) is 5.91 Å². The Hall–Kier alpha value is -3.19. The molecule has 0 fully saturated rings. The zero-order valence-corrected chi connectivity index (χ0v) is 20.0. The molecule has 0 saturated heterocycles. The molecule has 0 aliphatic carbocycles. The molecule has 32 heavy (non-hydrogen) atoms. The molecule has 0 bridgehead atoms. The highest BCUT2D eigenvalue weighted by molar-refractivity contribution is 7.09. The lowest BCUT2D eigenvalue weighted by molar-refractivity contribution is 0.102. The fourth-order valence-electron chi connectivity index (χ4n) is 3.10. The monoisotopic (exact) mass is 450 g/mol. The summed E-state index contributed by atoms with van der Waals surface area (Å²) in [6.07, 6.45) is 0. The van der Waals surface area contributed by atoms with Crippen molar-refractivity contribution in [2.75, 3.05) is 10.6 Å². The van der Waals surface area contributed by atoms with E-state index in [-0.39, 0.29) is 18.0 Å². The molecular weight excluding hydrogens is 420 g/mol. The fourth-order valence-corrected chi connectivity index (χ4v) is 3.87. The molecule has 0 spiro atoms. The molecule has 1 aromatic heterocycles. The van der Waals surface area contributed by atoms with Crippen molar-refractivity contribution in [2.45, 2.75) is 53.1 Å². The number of carbonyl (C=O) groups is 2. The van der Waals surface area contributed by atoms with Crippen LogP contribution in [0.5, 0.6) is 0 Å². The average Bonchev–Trinajstić information content (AvgIpc) is 3.22. The van der Waals surface area contributed by atoms with Gasteiger partial charge in [0.05, 0.1) is 6.54 Å². The average molecular weight is 451 g/mol. The molecule has 0 saturated carbocycles. The number of nitrogens with zero attached hydrogens (tertiary/aromatic N) is 2. The Morgan fingerprint density at radius 3 is 2.12 bits per heavy atom. The number of anilines is 2. The number of aryl methyl sites for hydroxylation is 1. The molecule has 3 amide bonds. The maximum Gasteiger partial charge on any atom is 0.322 e. The van der Waals surface area contributed by atoms with E-state index >= 15 is 0 Å². The number of benzene rings is 2. The van der Waals surface area contributed by atoms with Gasteiger partial charge in [-0.25, -0.2) is 9.78 Å². The summed E-state index contributed by atoms with van der Waals surface area (Å²) in [5.41, 5.74) is 4.17. The Morgan fingerprint density at radius 1 is 0.938 bits per heavy atom. The van der Waals surface area contributed by atoms with Crippen LogP contribution in [0.4, 0.5) is 16.2 Å². The van der Waals surface area contributed by atoms with Gasteiger partial charge in [-0.3, -0.25) is 4.79 Å². The van der Waals surface area contributed by atoms with Crippen LogP contribution in [0.25, 0.3) is 0 Å². The highest BCUT2D eigenvalue weighted by Gasteiger charge is 2.20. The normalized spacial score (nSPS) is 11.0. The van der Waals surface area contributed by atoms with Gasteiger partial charge in [-0.1, -0.05) is 43.7 Å². The van der Waals surface area contributed by atoms with Crippen LogP contribution >= 0.6 is 11.3 Å². The van der Waals surface area contributed by atoms with E-state index in [1.54, 1.807) is 10.3 Å². The van der Waals surface area contributed by atoms with Crippen LogP contribution < -0.4 is 10.6 Å². The number of hydrogen-bond acceptors (Lipinski definition) is 4. The summed E-state index contributed by atoms with van der Waals surface area (Å²) in [5.74, 6) is 0.177. The molecular formula is C25H30N4O2S. The van der Waals surface area contributed by atoms with Crippen LogP contribution in [0, 0.1) is 6.92 Å². The van der Waals surface area contributed by atoms with E-state index in [4.69, 9.17) is 0 Å². The topological polar surface area (TPSA) is 74.3 Å². The molecule has 2 aromatic carbocycles. The van der Waals surface area contributed by atoms with Crippen molar-refractivity contribution in [3.05, 3.63) is 75.7 Å². The van der Waals surface area contributed by atoms with E-state index in [1.807, 2.05) is 69.3 Å². The Labute approximate surface area is 193 Å². The molecule has 1 heterocycles. The second-order valence-corrected chi connectivity index (χ2v) is 9.32. The number of nitrogens with one attached hydrogen (secondary N) is 2. The third-order valence-electron chi connectivity index (χ3n) is 5.11. The molecule has 0 radical (unpaired) electrons. The number of hydrogen-bond donors (Lipinski definition) is 2. The predicted octanol–water partition coefficient (Wildman–Crippen LogP) is 6.27. The van der Waals surface area contributed by atoms with E-state index in [2.05, 4.69) is 29.5 Å². The standard InChI is InChI=1S/C25H30N4O2S/c1-16(2)19-8-12-21(13-9-19)27-25(31)29(17(3)4)14-23-28-22(15-32-23)24(30)26-20-10-6-18(5)7-11-20/h6-13,15-17H,14H2,1-5H3,(H,26,30)(H,27,31). The first-order valence-corrected chi connectivity index (χ1v) is 11.6.